The standard InChI is InChI=1S/C11H13FO3/c1-3-15-11-8(6-10(13)14)4-7(2)5-9(11)12/h4-5H,3,6H2,1-2H3,(H,13,14). The Morgan fingerprint density at radius 1 is 1.53 bits per heavy atom. The van der Waals surface area contributed by atoms with Gasteiger partial charge in [-0.1, -0.05) is 6.07 Å². The van der Waals surface area contributed by atoms with Crippen LogP contribution in [-0.4, -0.2) is 17.7 Å². The molecule has 1 N–H and O–H groups in total. The molecule has 15 heavy (non-hydrogen) atoms. The highest BCUT2D eigenvalue weighted by Gasteiger charge is 2.13. The van der Waals surface area contributed by atoms with E-state index in [9.17, 15) is 9.18 Å². The number of rotatable bonds is 4. The Hall–Kier alpha value is -1.58. The summed E-state index contributed by atoms with van der Waals surface area (Å²) < 4.78 is 18.5. The zero-order valence-corrected chi connectivity index (χ0v) is 8.71. The monoisotopic (exact) mass is 212 g/mol. The van der Waals surface area contributed by atoms with Gasteiger partial charge in [0.2, 0.25) is 0 Å². The lowest BCUT2D eigenvalue weighted by atomic mass is 10.1. The van der Waals surface area contributed by atoms with Crippen LogP contribution in [0.25, 0.3) is 0 Å². The van der Waals surface area contributed by atoms with Gasteiger partial charge < -0.3 is 9.84 Å². The second kappa shape index (κ2) is 4.77. The Bertz CT molecular complexity index is 374. The number of halogens is 1. The maximum atomic E-state index is 13.4. The first-order valence-electron chi connectivity index (χ1n) is 4.68. The van der Waals surface area contributed by atoms with Gasteiger partial charge in [0.1, 0.15) is 0 Å². The number of hydrogen-bond acceptors (Lipinski definition) is 2. The summed E-state index contributed by atoms with van der Waals surface area (Å²) >= 11 is 0. The van der Waals surface area contributed by atoms with Gasteiger partial charge in [-0.25, -0.2) is 4.39 Å². The fraction of sp³-hybridized carbons (Fsp3) is 0.364. The molecule has 0 spiro atoms. The summed E-state index contributed by atoms with van der Waals surface area (Å²) in [5.41, 5.74) is 1.06. The summed E-state index contributed by atoms with van der Waals surface area (Å²) in [4.78, 5) is 10.6. The van der Waals surface area contributed by atoms with Crippen molar-refractivity contribution in [3.63, 3.8) is 0 Å². The predicted octanol–water partition coefficient (Wildman–Crippen LogP) is 2.16. The Morgan fingerprint density at radius 2 is 2.20 bits per heavy atom. The van der Waals surface area contributed by atoms with E-state index < -0.39 is 11.8 Å². The molecule has 3 nitrogen and oxygen atoms in total. The van der Waals surface area contributed by atoms with Crippen LogP contribution in [0.4, 0.5) is 4.39 Å². The molecule has 0 amide bonds. The summed E-state index contributed by atoms with van der Waals surface area (Å²) in [7, 11) is 0. The molecule has 82 valence electrons. The molecule has 0 bridgehead atoms. The van der Waals surface area contributed by atoms with E-state index in [0.29, 0.717) is 17.7 Å². The van der Waals surface area contributed by atoms with Crippen LogP contribution in [0.3, 0.4) is 0 Å². The van der Waals surface area contributed by atoms with Crippen LogP contribution in [0.15, 0.2) is 12.1 Å². The highest BCUT2D eigenvalue weighted by atomic mass is 19.1. The van der Waals surface area contributed by atoms with Crippen LogP contribution in [0, 0.1) is 12.7 Å². The molecule has 0 aliphatic heterocycles. The number of ether oxygens (including phenoxy) is 1. The molecule has 1 aromatic carbocycles. The van der Waals surface area contributed by atoms with E-state index >= 15 is 0 Å². The second-order valence-corrected chi connectivity index (χ2v) is 3.24. The lowest BCUT2D eigenvalue weighted by Crippen LogP contribution is -2.06. The smallest absolute Gasteiger partial charge is 0.307 e. The molecule has 0 aromatic heterocycles. The number of aliphatic carboxylic acids is 1. The van der Waals surface area contributed by atoms with Gasteiger partial charge >= 0.3 is 5.97 Å². The van der Waals surface area contributed by atoms with E-state index in [0.717, 1.165) is 0 Å². The summed E-state index contributed by atoms with van der Waals surface area (Å²) in [6.45, 7) is 3.75. The Kier molecular flexibility index (Phi) is 3.66. The van der Waals surface area contributed by atoms with Gasteiger partial charge in [0.25, 0.3) is 0 Å². The first kappa shape index (κ1) is 11.5. The molecule has 0 radical (unpaired) electrons. The molecule has 0 saturated carbocycles. The number of carboxylic acids is 1. The van der Waals surface area contributed by atoms with Crippen molar-refractivity contribution in [2.75, 3.05) is 6.61 Å². The van der Waals surface area contributed by atoms with E-state index in [2.05, 4.69) is 0 Å². The topological polar surface area (TPSA) is 46.5 Å². The lowest BCUT2D eigenvalue weighted by Gasteiger charge is -2.10. The van der Waals surface area contributed by atoms with Gasteiger partial charge in [-0.3, -0.25) is 4.79 Å². The second-order valence-electron chi connectivity index (χ2n) is 3.24. The van der Waals surface area contributed by atoms with Crippen molar-refractivity contribution in [3.8, 4) is 5.75 Å². The van der Waals surface area contributed by atoms with Crippen LogP contribution < -0.4 is 4.74 Å². The van der Waals surface area contributed by atoms with Gasteiger partial charge in [-0.05, 0) is 25.5 Å². The number of carbonyl (C=O) groups is 1. The van der Waals surface area contributed by atoms with E-state index in [1.807, 2.05) is 0 Å². The summed E-state index contributed by atoms with van der Waals surface area (Å²) in [6, 6.07) is 2.96. The van der Waals surface area contributed by atoms with Crippen molar-refractivity contribution in [1.82, 2.24) is 0 Å². The Morgan fingerprint density at radius 3 is 2.73 bits per heavy atom. The average Bonchev–Trinajstić information content (AvgIpc) is 2.10. The summed E-state index contributed by atoms with van der Waals surface area (Å²) in [5, 5.41) is 8.66. The molecule has 1 aromatic rings. The fourth-order valence-corrected chi connectivity index (χ4v) is 1.40. The maximum Gasteiger partial charge on any atom is 0.307 e. The van der Waals surface area contributed by atoms with Crippen molar-refractivity contribution in [3.05, 3.63) is 29.1 Å². The van der Waals surface area contributed by atoms with Gasteiger partial charge in [-0.15, -0.1) is 0 Å². The van der Waals surface area contributed by atoms with Crippen molar-refractivity contribution in [2.45, 2.75) is 20.3 Å². The van der Waals surface area contributed by atoms with E-state index in [1.54, 1.807) is 19.9 Å². The van der Waals surface area contributed by atoms with Gasteiger partial charge in [0.05, 0.1) is 13.0 Å². The lowest BCUT2D eigenvalue weighted by molar-refractivity contribution is -0.136. The zero-order chi connectivity index (χ0) is 11.4. The van der Waals surface area contributed by atoms with Crippen molar-refractivity contribution >= 4 is 5.97 Å². The first-order valence-corrected chi connectivity index (χ1v) is 4.68. The normalized spacial score (nSPS) is 10.1. The molecule has 0 unspecified atom stereocenters. The molecule has 0 heterocycles. The summed E-state index contributed by atoms with van der Waals surface area (Å²) in [6.07, 6.45) is -0.228. The summed E-state index contributed by atoms with van der Waals surface area (Å²) in [5.74, 6) is -1.46. The minimum Gasteiger partial charge on any atom is -0.490 e. The molecule has 0 atom stereocenters. The van der Waals surface area contributed by atoms with Gasteiger partial charge in [0.15, 0.2) is 11.6 Å². The highest BCUT2D eigenvalue weighted by molar-refractivity contribution is 5.71. The first-order chi connectivity index (χ1) is 7.04. The van der Waals surface area contributed by atoms with Crippen LogP contribution in [0.5, 0.6) is 5.75 Å². The molecule has 1 rings (SSSR count). The van der Waals surface area contributed by atoms with Crippen molar-refractivity contribution in [2.24, 2.45) is 0 Å². The molecule has 0 aliphatic rings. The minimum absolute atomic E-state index is 0.0468. The van der Waals surface area contributed by atoms with Crippen LogP contribution in [0.2, 0.25) is 0 Å². The zero-order valence-electron chi connectivity index (χ0n) is 8.71. The Balaban J connectivity index is 3.13. The van der Waals surface area contributed by atoms with E-state index in [-0.39, 0.29) is 12.2 Å². The van der Waals surface area contributed by atoms with Crippen LogP contribution in [-0.2, 0) is 11.2 Å². The van der Waals surface area contributed by atoms with Gasteiger partial charge in [-0.2, -0.15) is 0 Å². The molecule has 0 saturated heterocycles. The van der Waals surface area contributed by atoms with Crippen LogP contribution >= 0.6 is 0 Å². The molecule has 0 fully saturated rings. The number of aryl methyl sites for hydroxylation is 1. The van der Waals surface area contributed by atoms with Gasteiger partial charge in [0, 0.05) is 5.56 Å². The third kappa shape index (κ3) is 2.94. The quantitative estimate of drug-likeness (QED) is 0.831. The maximum absolute atomic E-state index is 13.4. The molecule has 4 heteroatoms. The SMILES string of the molecule is CCOc1c(F)cc(C)cc1CC(=O)O. The highest BCUT2D eigenvalue weighted by Crippen LogP contribution is 2.25. The Labute approximate surface area is 87.5 Å². The van der Waals surface area contributed by atoms with Crippen molar-refractivity contribution < 1.29 is 19.0 Å². The molecule has 0 aliphatic carbocycles. The molecular formula is C11H13FO3. The largest absolute Gasteiger partial charge is 0.490 e. The van der Waals surface area contributed by atoms with E-state index in [4.69, 9.17) is 9.84 Å². The third-order valence-corrected chi connectivity index (χ3v) is 1.90. The predicted molar refractivity (Wildman–Crippen MR) is 53.6 cm³/mol. The number of carboxylic acid groups (broad SMARTS) is 1. The van der Waals surface area contributed by atoms with E-state index in [1.165, 1.54) is 6.07 Å². The number of benzene rings is 1. The average molecular weight is 212 g/mol. The third-order valence-electron chi connectivity index (χ3n) is 1.90. The fourth-order valence-electron chi connectivity index (χ4n) is 1.40. The van der Waals surface area contributed by atoms with Crippen LogP contribution in [0.1, 0.15) is 18.1 Å². The number of hydrogen-bond donors (Lipinski definition) is 1. The van der Waals surface area contributed by atoms with Crippen molar-refractivity contribution in [1.29, 1.82) is 0 Å². The molecular weight excluding hydrogens is 199 g/mol. The minimum atomic E-state index is -0.999.